The maximum atomic E-state index is 12.8. The molecule has 1 aromatic carbocycles. The number of benzene rings is 1. The van der Waals surface area contributed by atoms with Crippen LogP contribution in [0.25, 0.3) is 0 Å². The van der Waals surface area contributed by atoms with Gasteiger partial charge in [0.1, 0.15) is 6.10 Å². The molecule has 1 atom stereocenters. The van der Waals surface area contributed by atoms with Crippen molar-refractivity contribution in [2.24, 2.45) is 0 Å². The van der Waals surface area contributed by atoms with E-state index in [1.165, 1.54) is 7.11 Å². The third-order valence-corrected chi connectivity index (χ3v) is 4.24. The van der Waals surface area contributed by atoms with Crippen molar-refractivity contribution in [1.29, 1.82) is 0 Å². The fourth-order valence-electron chi connectivity index (χ4n) is 3.19. The monoisotopic (exact) mass is 341 g/mol. The van der Waals surface area contributed by atoms with E-state index in [4.69, 9.17) is 9.47 Å². The Hall–Kier alpha value is -2.63. The van der Waals surface area contributed by atoms with Gasteiger partial charge < -0.3 is 14.4 Å². The summed E-state index contributed by atoms with van der Waals surface area (Å²) >= 11 is 0. The lowest BCUT2D eigenvalue weighted by Crippen LogP contribution is -2.44. The summed E-state index contributed by atoms with van der Waals surface area (Å²) < 4.78 is 11.1. The van der Waals surface area contributed by atoms with E-state index in [-0.39, 0.29) is 12.0 Å². The molecule has 1 aromatic heterocycles. The topological polar surface area (TPSA) is 64.6 Å². The van der Waals surface area contributed by atoms with Crippen molar-refractivity contribution in [3.8, 4) is 11.8 Å². The fraction of sp³-hybridized carbons (Fsp3) is 0.421. The number of piperidine rings is 1. The third-order valence-electron chi connectivity index (χ3n) is 4.24. The van der Waals surface area contributed by atoms with E-state index >= 15 is 0 Å². The Bertz CT molecular complexity index is 743. The van der Waals surface area contributed by atoms with Crippen LogP contribution >= 0.6 is 0 Å². The minimum absolute atomic E-state index is 0.0474. The van der Waals surface area contributed by atoms with Gasteiger partial charge in [-0.2, -0.15) is 0 Å². The average Bonchev–Trinajstić information content (AvgIpc) is 2.61. The maximum Gasteiger partial charge on any atom is 0.278 e. The highest BCUT2D eigenvalue weighted by atomic mass is 16.5. The molecule has 0 spiro atoms. The van der Waals surface area contributed by atoms with Gasteiger partial charge in [-0.25, -0.2) is 9.97 Å². The first kappa shape index (κ1) is 17.2. The maximum absolute atomic E-state index is 12.8. The van der Waals surface area contributed by atoms with E-state index in [2.05, 4.69) is 16.0 Å². The third kappa shape index (κ3) is 4.07. The zero-order valence-electron chi connectivity index (χ0n) is 14.9. The number of amides is 1. The van der Waals surface area contributed by atoms with Gasteiger partial charge in [0.05, 0.1) is 13.7 Å². The van der Waals surface area contributed by atoms with Crippen LogP contribution in [0.3, 0.4) is 0 Å². The Labute approximate surface area is 147 Å². The molecule has 1 aliphatic heterocycles. The van der Waals surface area contributed by atoms with Gasteiger partial charge in [0, 0.05) is 24.5 Å². The van der Waals surface area contributed by atoms with Crippen molar-refractivity contribution in [2.45, 2.75) is 32.8 Å². The van der Waals surface area contributed by atoms with Crippen LogP contribution in [0.5, 0.6) is 11.8 Å². The van der Waals surface area contributed by atoms with E-state index in [9.17, 15) is 4.79 Å². The molecule has 25 heavy (non-hydrogen) atoms. The standard InChI is InChI=1S/C19H23N3O3/c1-13-9-14(2)11-15(10-13)19(23)22-8-4-5-16(12-22)25-18-17(24-3)20-6-7-21-18/h6-7,9-11,16H,4-5,8,12H2,1-3H3. The highest BCUT2D eigenvalue weighted by molar-refractivity contribution is 5.94. The number of carbonyl (C=O) groups is 1. The Balaban J connectivity index is 1.71. The summed E-state index contributed by atoms with van der Waals surface area (Å²) in [5.74, 6) is 0.780. The number of aryl methyl sites for hydroxylation is 2. The predicted molar refractivity (Wildman–Crippen MR) is 94.1 cm³/mol. The molecule has 0 radical (unpaired) electrons. The lowest BCUT2D eigenvalue weighted by molar-refractivity contribution is 0.0519. The number of rotatable bonds is 4. The highest BCUT2D eigenvalue weighted by Gasteiger charge is 2.27. The van der Waals surface area contributed by atoms with Crippen LogP contribution in [0.2, 0.25) is 0 Å². The zero-order valence-corrected chi connectivity index (χ0v) is 14.9. The molecule has 1 saturated heterocycles. The second kappa shape index (κ2) is 7.51. The highest BCUT2D eigenvalue weighted by Crippen LogP contribution is 2.24. The van der Waals surface area contributed by atoms with Crippen LogP contribution in [0.4, 0.5) is 0 Å². The summed E-state index contributed by atoms with van der Waals surface area (Å²) in [6.45, 7) is 5.29. The molecule has 6 heteroatoms. The molecule has 2 aromatic rings. The average molecular weight is 341 g/mol. The molecule has 0 aliphatic carbocycles. The summed E-state index contributed by atoms with van der Waals surface area (Å²) in [5.41, 5.74) is 2.92. The van der Waals surface area contributed by atoms with Gasteiger partial charge in [0.25, 0.3) is 17.7 Å². The van der Waals surface area contributed by atoms with Gasteiger partial charge in [-0.15, -0.1) is 0 Å². The Morgan fingerprint density at radius 3 is 2.48 bits per heavy atom. The molecule has 1 unspecified atom stereocenters. The van der Waals surface area contributed by atoms with Crippen LogP contribution in [0.15, 0.2) is 30.6 Å². The fourth-order valence-corrected chi connectivity index (χ4v) is 3.19. The van der Waals surface area contributed by atoms with Gasteiger partial charge in [0.2, 0.25) is 0 Å². The Kier molecular flexibility index (Phi) is 5.16. The molecule has 132 valence electrons. The molecule has 1 aliphatic rings. The van der Waals surface area contributed by atoms with Gasteiger partial charge in [-0.3, -0.25) is 4.79 Å². The Morgan fingerprint density at radius 1 is 1.12 bits per heavy atom. The molecular formula is C19H23N3O3. The van der Waals surface area contributed by atoms with E-state index < -0.39 is 0 Å². The molecule has 0 saturated carbocycles. The second-order valence-corrected chi connectivity index (χ2v) is 6.38. The predicted octanol–water partition coefficient (Wildman–Crippen LogP) is 2.79. The minimum Gasteiger partial charge on any atom is -0.477 e. The SMILES string of the molecule is COc1nccnc1OC1CCCN(C(=O)c2cc(C)cc(C)c2)C1. The zero-order chi connectivity index (χ0) is 17.8. The molecule has 6 nitrogen and oxygen atoms in total. The van der Waals surface area contributed by atoms with Crippen LogP contribution < -0.4 is 9.47 Å². The summed E-state index contributed by atoms with van der Waals surface area (Å²) in [4.78, 5) is 23.0. The lowest BCUT2D eigenvalue weighted by Gasteiger charge is -2.32. The second-order valence-electron chi connectivity index (χ2n) is 6.38. The first-order valence-corrected chi connectivity index (χ1v) is 8.46. The number of aromatic nitrogens is 2. The van der Waals surface area contributed by atoms with Crippen molar-refractivity contribution >= 4 is 5.91 Å². The van der Waals surface area contributed by atoms with Gasteiger partial charge in [-0.05, 0) is 38.8 Å². The van der Waals surface area contributed by atoms with Crippen LogP contribution in [-0.4, -0.2) is 47.1 Å². The number of nitrogens with zero attached hydrogens (tertiary/aromatic N) is 3. The summed E-state index contributed by atoms with van der Waals surface area (Å²) in [6.07, 6.45) is 4.77. The largest absolute Gasteiger partial charge is 0.477 e. The molecule has 1 amide bonds. The molecule has 0 N–H and O–H groups in total. The summed E-state index contributed by atoms with van der Waals surface area (Å²) in [6, 6.07) is 5.94. The van der Waals surface area contributed by atoms with Crippen molar-refractivity contribution in [1.82, 2.24) is 14.9 Å². The van der Waals surface area contributed by atoms with Gasteiger partial charge in [-0.1, -0.05) is 17.2 Å². The molecule has 1 fully saturated rings. The van der Waals surface area contributed by atoms with E-state index in [0.717, 1.165) is 36.1 Å². The van der Waals surface area contributed by atoms with Crippen molar-refractivity contribution < 1.29 is 14.3 Å². The quantitative estimate of drug-likeness (QED) is 0.855. The van der Waals surface area contributed by atoms with Gasteiger partial charge >= 0.3 is 0 Å². The number of hydrogen-bond acceptors (Lipinski definition) is 5. The van der Waals surface area contributed by atoms with E-state index in [1.807, 2.05) is 30.9 Å². The molecule has 0 bridgehead atoms. The normalized spacial score (nSPS) is 17.2. The molecule has 2 heterocycles. The number of hydrogen-bond donors (Lipinski definition) is 0. The summed E-state index contributed by atoms with van der Waals surface area (Å²) in [5, 5.41) is 0. The van der Waals surface area contributed by atoms with Crippen molar-refractivity contribution in [3.05, 3.63) is 47.3 Å². The molecule has 3 rings (SSSR count). The number of likely N-dealkylation sites (tertiary alicyclic amines) is 1. The number of ether oxygens (including phenoxy) is 2. The minimum atomic E-state index is -0.116. The van der Waals surface area contributed by atoms with Crippen molar-refractivity contribution in [3.63, 3.8) is 0 Å². The van der Waals surface area contributed by atoms with E-state index in [1.54, 1.807) is 12.4 Å². The first-order valence-electron chi connectivity index (χ1n) is 8.46. The lowest BCUT2D eigenvalue weighted by atomic mass is 10.0. The number of methoxy groups -OCH3 is 1. The molecular weight excluding hydrogens is 318 g/mol. The smallest absolute Gasteiger partial charge is 0.278 e. The van der Waals surface area contributed by atoms with Crippen LogP contribution in [0.1, 0.15) is 34.3 Å². The Morgan fingerprint density at radius 2 is 1.80 bits per heavy atom. The first-order chi connectivity index (χ1) is 12.1. The van der Waals surface area contributed by atoms with Crippen molar-refractivity contribution in [2.75, 3.05) is 20.2 Å². The van der Waals surface area contributed by atoms with Gasteiger partial charge in [0.15, 0.2) is 0 Å². The van der Waals surface area contributed by atoms with E-state index in [0.29, 0.717) is 18.3 Å². The number of carbonyl (C=O) groups excluding carboxylic acids is 1. The van der Waals surface area contributed by atoms with Crippen LogP contribution in [0, 0.1) is 13.8 Å². The van der Waals surface area contributed by atoms with Crippen LogP contribution in [-0.2, 0) is 0 Å². The summed E-state index contributed by atoms with van der Waals surface area (Å²) in [7, 11) is 1.54.